The lowest BCUT2D eigenvalue weighted by Gasteiger charge is -2.27. The lowest BCUT2D eigenvalue weighted by molar-refractivity contribution is -0.137. The van der Waals surface area contributed by atoms with Crippen LogP contribution in [0.3, 0.4) is 0 Å². The molecule has 4 atom stereocenters. The minimum absolute atomic E-state index is 0.275. The molecule has 2 fully saturated rings. The van der Waals surface area contributed by atoms with E-state index in [1.165, 1.54) is 42.3 Å². The molecular weight excluding hydrogens is 340 g/mol. The molecule has 0 aromatic carbocycles. The number of unbranched alkanes of at least 4 members (excludes halogenated alkanes) is 1. The van der Waals surface area contributed by atoms with E-state index in [2.05, 4.69) is 30.8 Å². The van der Waals surface area contributed by atoms with Crippen molar-refractivity contribution in [1.82, 2.24) is 0 Å². The second kappa shape index (κ2) is 11.5. The minimum Gasteiger partial charge on any atom is -0.481 e. The largest absolute Gasteiger partial charge is 0.481 e. The van der Waals surface area contributed by atoms with E-state index in [0.29, 0.717) is 18.1 Å². The molecule has 0 radical (unpaired) electrons. The van der Waals surface area contributed by atoms with Gasteiger partial charge in [-0.1, -0.05) is 19.1 Å². The molecule has 0 amide bonds. The fraction of sp³-hybridized carbons (Fsp3) is 0.842. The maximum absolute atomic E-state index is 10.5. The summed E-state index contributed by atoms with van der Waals surface area (Å²) in [5.74, 6) is 5.74. The van der Waals surface area contributed by atoms with E-state index >= 15 is 0 Å². The molecule has 0 aromatic rings. The number of aliphatic carboxylic acids is 1. The summed E-state index contributed by atoms with van der Waals surface area (Å²) in [5.41, 5.74) is 0. The Morgan fingerprint density at radius 2 is 1.88 bits per heavy atom. The van der Waals surface area contributed by atoms with Crippen molar-refractivity contribution in [2.75, 3.05) is 23.0 Å². The Morgan fingerprint density at radius 1 is 1.12 bits per heavy atom. The predicted molar refractivity (Wildman–Crippen MR) is 105 cm³/mol. The summed E-state index contributed by atoms with van der Waals surface area (Å²) in [5, 5.41) is 8.66. The Bertz CT molecular complexity index is 400. The SMILES string of the molecule is CCSCCCSC[C@H]1[C@@H](C/C=C\CCCC(=O)O)[C@H]2CC[C@@H]1O2. The first kappa shape index (κ1) is 20.2. The van der Waals surface area contributed by atoms with Crippen LogP contribution in [0, 0.1) is 11.8 Å². The quantitative estimate of drug-likeness (QED) is 0.370. The van der Waals surface area contributed by atoms with Gasteiger partial charge < -0.3 is 9.84 Å². The number of allylic oxidation sites excluding steroid dienone is 2. The fourth-order valence-electron chi connectivity index (χ4n) is 3.80. The normalized spacial score (nSPS) is 28.9. The van der Waals surface area contributed by atoms with E-state index in [1.54, 1.807) is 0 Å². The number of ether oxygens (including phenoxy) is 1. The van der Waals surface area contributed by atoms with Crippen molar-refractivity contribution in [2.24, 2.45) is 11.8 Å². The molecule has 0 saturated carbocycles. The molecule has 2 saturated heterocycles. The smallest absolute Gasteiger partial charge is 0.303 e. The molecule has 2 aliphatic heterocycles. The van der Waals surface area contributed by atoms with Crippen molar-refractivity contribution in [3.8, 4) is 0 Å². The van der Waals surface area contributed by atoms with Gasteiger partial charge >= 0.3 is 5.97 Å². The van der Waals surface area contributed by atoms with Crippen LogP contribution >= 0.6 is 23.5 Å². The third-order valence-electron chi connectivity index (χ3n) is 5.02. The highest BCUT2D eigenvalue weighted by atomic mass is 32.2. The number of fused-ring (bicyclic) bond motifs is 2. The summed E-state index contributed by atoms with van der Waals surface area (Å²) in [6.07, 6.45) is 12.2. The summed E-state index contributed by atoms with van der Waals surface area (Å²) in [6.45, 7) is 2.23. The van der Waals surface area contributed by atoms with Crippen molar-refractivity contribution in [3.63, 3.8) is 0 Å². The lowest BCUT2D eigenvalue weighted by atomic mass is 9.78. The molecule has 0 aliphatic carbocycles. The maximum atomic E-state index is 10.5. The highest BCUT2D eigenvalue weighted by Gasteiger charge is 2.47. The van der Waals surface area contributed by atoms with Gasteiger partial charge in [-0.2, -0.15) is 23.5 Å². The molecule has 3 nitrogen and oxygen atoms in total. The molecule has 5 heteroatoms. The van der Waals surface area contributed by atoms with Gasteiger partial charge in [-0.3, -0.25) is 4.79 Å². The number of hydrogen-bond acceptors (Lipinski definition) is 4. The Kier molecular flexibility index (Phi) is 9.65. The second-order valence-corrected chi connectivity index (χ2v) is 9.28. The van der Waals surface area contributed by atoms with Crippen LogP contribution in [0.15, 0.2) is 12.2 Å². The van der Waals surface area contributed by atoms with Crippen molar-refractivity contribution in [3.05, 3.63) is 12.2 Å². The zero-order chi connectivity index (χ0) is 17.2. The third kappa shape index (κ3) is 6.64. The number of thioether (sulfide) groups is 2. The molecule has 2 bridgehead atoms. The van der Waals surface area contributed by atoms with Crippen LogP contribution in [-0.2, 0) is 9.53 Å². The lowest BCUT2D eigenvalue weighted by Crippen LogP contribution is -2.28. The highest BCUT2D eigenvalue weighted by Crippen LogP contribution is 2.46. The first-order valence-corrected chi connectivity index (χ1v) is 11.7. The first-order valence-electron chi connectivity index (χ1n) is 9.40. The molecule has 2 aliphatic rings. The van der Waals surface area contributed by atoms with Gasteiger partial charge in [0.05, 0.1) is 12.2 Å². The van der Waals surface area contributed by atoms with Gasteiger partial charge in [-0.25, -0.2) is 0 Å². The molecule has 2 rings (SSSR count). The van der Waals surface area contributed by atoms with Crippen molar-refractivity contribution in [1.29, 1.82) is 0 Å². The van der Waals surface area contributed by atoms with E-state index in [9.17, 15) is 4.79 Å². The summed E-state index contributed by atoms with van der Waals surface area (Å²) in [7, 11) is 0. The van der Waals surface area contributed by atoms with E-state index < -0.39 is 5.97 Å². The zero-order valence-electron chi connectivity index (χ0n) is 14.8. The summed E-state index contributed by atoms with van der Waals surface area (Å²) < 4.78 is 6.17. The van der Waals surface area contributed by atoms with Crippen LogP contribution in [0.2, 0.25) is 0 Å². The van der Waals surface area contributed by atoms with Crippen LogP contribution in [0.1, 0.15) is 51.9 Å². The number of hydrogen-bond donors (Lipinski definition) is 1. The minimum atomic E-state index is -0.695. The topological polar surface area (TPSA) is 46.5 Å². The van der Waals surface area contributed by atoms with E-state index in [0.717, 1.165) is 25.2 Å². The van der Waals surface area contributed by atoms with Crippen molar-refractivity contribution >= 4 is 29.5 Å². The summed E-state index contributed by atoms with van der Waals surface area (Å²) >= 11 is 4.15. The standard InChI is InChI=1S/C19H32O3S2/c1-2-23-12-7-13-24-14-16-15(17-10-11-18(16)22-17)8-5-3-4-6-9-19(20)21/h3,5,15-18H,2,4,6-14H2,1H3,(H,20,21)/b5-3-/t15-,16+,17-,18+/m1/s1. The van der Waals surface area contributed by atoms with E-state index in [-0.39, 0.29) is 6.42 Å². The Labute approximate surface area is 155 Å². The first-order chi connectivity index (χ1) is 11.7. The molecule has 0 unspecified atom stereocenters. The van der Waals surface area contributed by atoms with Crippen molar-refractivity contribution < 1.29 is 14.6 Å². The monoisotopic (exact) mass is 372 g/mol. The highest BCUT2D eigenvalue weighted by molar-refractivity contribution is 8.00. The number of carboxylic acids is 1. The van der Waals surface area contributed by atoms with Gasteiger partial charge in [0.25, 0.3) is 0 Å². The van der Waals surface area contributed by atoms with Crippen LogP contribution < -0.4 is 0 Å². The van der Waals surface area contributed by atoms with Crippen LogP contribution in [0.25, 0.3) is 0 Å². The van der Waals surface area contributed by atoms with Crippen LogP contribution in [0.4, 0.5) is 0 Å². The van der Waals surface area contributed by atoms with Crippen molar-refractivity contribution in [2.45, 2.75) is 64.1 Å². The van der Waals surface area contributed by atoms with Crippen LogP contribution in [-0.4, -0.2) is 46.3 Å². The van der Waals surface area contributed by atoms with Gasteiger partial charge in [-0.15, -0.1) is 0 Å². The maximum Gasteiger partial charge on any atom is 0.303 e. The number of carbonyl (C=O) groups is 1. The number of rotatable bonds is 13. The molecule has 0 spiro atoms. The molecule has 0 aromatic heterocycles. The summed E-state index contributed by atoms with van der Waals surface area (Å²) in [4.78, 5) is 10.5. The fourth-order valence-corrected chi connectivity index (χ4v) is 5.87. The van der Waals surface area contributed by atoms with Gasteiger partial charge in [-0.05, 0) is 73.4 Å². The zero-order valence-corrected chi connectivity index (χ0v) is 16.5. The van der Waals surface area contributed by atoms with Gasteiger partial charge in [0.15, 0.2) is 0 Å². The van der Waals surface area contributed by atoms with Gasteiger partial charge in [0, 0.05) is 6.42 Å². The van der Waals surface area contributed by atoms with Gasteiger partial charge in [0.2, 0.25) is 0 Å². The molecule has 1 N–H and O–H groups in total. The van der Waals surface area contributed by atoms with E-state index in [1.807, 2.05) is 11.8 Å². The number of carboxylic acid groups (broad SMARTS) is 1. The average molecular weight is 373 g/mol. The second-order valence-electron chi connectivity index (χ2n) is 6.74. The average Bonchev–Trinajstić information content (AvgIpc) is 3.15. The Balaban J connectivity index is 1.65. The summed E-state index contributed by atoms with van der Waals surface area (Å²) in [6, 6.07) is 0. The molecule has 2 heterocycles. The van der Waals surface area contributed by atoms with E-state index in [4.69, 9.17) is 9.84 Å². The molecular formula is C19H32O3S2. The Morgan fingerprint density at radius 3 is 2.62 bits per heavy atom. The third-order valence-corrected chi connectivity index (χ3v) is 7.20. The molecule has 138 valence electrons. The van der Waals surface area contributed by atoms with Crippen LogP contribution in [0.5, 0.6) is 0 Å². The van der Waals surface area contributed by atoms with Gasteiger partial charge in [0.1, 0.15) is 0 Å². The Hall–Kier alpha value is -0.130. The molecule has 24 heavy (non-hydrogen) atoms. The predicted octanol–water partition coefficient (Wildman–Crippen LogP) is 4.86.